The molecule has 3 amide bonds. The Kier molecular flexibility index (Phi) is 5.35. The van der Waals surface area contributed by atoms with Crippen molar-refractivity contribution in [3.05, 3.63) is 35.4 Å². The van der Waals surface area contributed by atoms with Crippen LogP contribution in [-0.4, -0.2) is 77.9 Å². The minimum atomic E-state index is -0.364. The van der Waals surface area contributed by atoms with Gasteiger partial charge >= 0.3 is 0 Å². The molecule has 0 saturated carbocycles. The smallest absolute Gasteiger partial charge is 0.254 e. The number of carbonyl (C=O) groups excluding carboxylic acids is 3. The number of ether oxygens (including phenoxy) is 1. The second-order valence-electron chi connectivity index (χ2n) is 7.82. The van der Waals surface area contributed by atoms with E-state index in [1.54, 1.807) is 4.90 Å². The van der Waals surface area contributed by atoms with E-state index in [4.69, 9.17) is 4.74 Å². The third-order valence-electron chi connectivity index (χ3n) is 6.19. The first-order chi connectivity index (χ1) is 13.6. The van der Waals surface area contributed by atoms with Gasteiger partial charge in [-0.15, -0.1) is 0 Å². The molecular weight excluding hydrogens is 358 g/mol. The van der Waals surface area contributed by atoms with Crippen molar-refractivity contribution in [1.29, 1.82) is 0 Å². The molecule has 2 saturated heterocycles. The lowest BCUT2D eigenvalue weighted by Crippen LogP contribution is -2.53. The minimum Gasteiger partial charge on any atom is -0.375 e. The Balaban J connectivity index is 1.35. The molecule has 1 unspecified atom stereocenters. The number of amides is 3. The van der Waals surface area contributed by atoms with Gasteiger partial charge in [0, 0.05) is 44.9 Å². The molecule has 3 aliphatic rings. The Morgan fingerprint density at radius 2 is 1.86 bits per heavy atom. The van der Waals surface area contributed by atoms with Crippen molar-refractivity contribution in [2.45, 2.75) is 44.3 Å². The van der Waals surface area contributed by atoms with E-state index >= 15 is 0 Å². The van der Waals surface area contributed by atoms with Crippen molar-refractivity contribution in [3.63, 3.8) is 0 Å². The fourth-order valence-corrected chi connectivity index (χ4v) is 4.71. The van der Waals surface area contributed by atoms with E-state index in [1.165, 1.54) is 7.11 Å². The van der Waals surface area contributed by atoms with E-state index in [2.05, 4.69) is 0 Å². The van der Waals surface area contributed by atoms with Crippen LogP contribution >= 0.6 is 0 Å². The van der Waals surface area contributed by atoms with Gasteiger partial charge in [-0.2, -0.15) is 0 Å². The highest BCUT2D eigenvalue weighted by atomic mass is 16.5. The van der Waals surface area contributed by atoms with Gasteiger partial charge in [-0.1, -0.05) is 18.2 Å². The summed E-state index contributed by atoms with van der Waals surface area (Å²) in [6.07, 6.45) is 3.13. The van der Waals surface area contributed by atoms with E-state index in [0.29, 0.717) is 32.6 Å². The summed E-state index contributed by atoms with van der Waals surface area (Å²) in [7, 11) is 1.49. The molecule has 1 aromatic rings. The van der Waals surface area contributed by atoms with Crippen LogP contribution in [0.25, 0.3) is 0 Å². The molecule has 28 heavy (non-hydrogen) atoms. The number of hydrogen-bond acceptors (Lipinski definition) is 4. The van der Waals surface area contributed by atoms with Crippen molar-refractivity contribution in [2.24, 2.45) is 0 Å². The number of hydrogen-bond donors (Lipinski definition) is 0. The summed E-state index contributed by atoms with van der Waals surface area (Å²) in [5.74, 6) is 0.0256. The molecule has 150 valence electrons. The summed E-state index contributed by atoms with van der Waals surface area (Å²) < 4.78 is 4.94. The molecule has 7 nitrogen and oxygen atoms in total. The molecule has 0 radical (unpaired) electrons. The van der Waals surface area contributed by atoms with Crippen LogP contribution in [0.4, 0.5) is 0 Å². The highest BCUT2D eigenvalue weighted by Gasteiger charge is 2.39. The monoisotopic (exact) mass is 385 g/mol. The van der Waals surface area contributed by atoms with Crippen molar-refractivity contribution >= 4 is 17.7 Å². The molecule has 0 N–H and O–H groups in total. The summed E-state index contributed by atoms with van der Waals surface area (Å²) in [6.45, 7) is 2.56. The molecule has 1 atom stereocenters. The predicted octanol–water partition coefficient (Wildman–Crippen LogP) is 1.27. The second-order valence-corrected chi connectivity index (χ2v) is 7.82. The van der Waals surface area contributed by atoms with Gasteiger partial charge in [-0.25, -0.2) is 0 Å². The zero-order valence-corrected chi connectivity index (χ0v) is 16.3. The van der Waals surface area contributed by atoms with E-state index in [-0.39, 0.29) is 36.4 Å². The molecule has 7 heteroatoms. The molecule has 0 bridgehead atoms. The SMILES string of the molecule is COCC(=O)N1CCCC1C(=O)N1CCC(N2Cc3ccccc3C2=O)CC1. The van der Waals surface area contributed by atoms with Crippen LogP contribution in [0.5, 0.6) is 0 Å². The van der Waals surface area contributed by atoms with Gasteiger partial charge in [0.05, 0.1) is 0 Å². The van der Waals surface area contributed by atoms with E-state index < -0.39 is 0 Å². The molecule has 3 aliphatic heterocycles. The summed E-state index contributed by atoms with van der Waals surface area (Å²) in [6, 6.07) is 7.57. The maximum absolute atomic E-state index is 13.0. The number of rotatable bonds is 4. The van der Waals surface area contributed by atoms with Crippen LogP contribution in [0, 0.1) is 0 Å². The Bertz CT molecular complexity index is 773. The first-order valence-corrected chi connectivity index (χ1v) is 10.1. The van der Waals surface area contributed by atoms with Crippen LogP contribution in [0.1, 0.15) is 41.6 Å². The molecule has 2 fully saturated rings. The third-order valence-corrected chi connectivity index (χ3v) is 6.19. The van der Waals surface area contributed by atoms with Crippen LogP contribution in [0.15, 0.2) is 24.3 Å². The number of nitrogens with zero attached hydrogens (tertiary/aromatic N) is 3. The summed E-state index contributed by atoms with van der Waals surface area (Å²) in [4.78, 5) is 43.4. The topological polar surface area (TPSA) is 70.2 Å². The van der Waals surface area contributed by atoms with Crippen LogP contribution in [-0.2, 0) is 20.9 Å². The Morgan fingerprint density at radius 3 is 2.57 bits per heavy atom. The van der Waals surface area contributed by atoms with Crippen LogP contribution < -0.4 is 0 Å². The molecule has 0 aliphatic carbocycles. The van der Waals surface area contributed by atoms with Gasteiger partial charge in [0.15, 0.2) is 0 Å². The average Bonchev–Trinajstić information content (AvgIpc) is 3.33. The largest absolute Gasteiger partial charge is 0.375 e. The number of methoxy groups -OCH3 is 1. The Morgan fingerprint density at radius 1 is 1.11 bits per heavy atom. The maximum atomic E-state index is 13.0. The van der Waals surface area contributed by atoms with E-state index in [0.717, 1.165) is 30.4 Å². The first kappa shape index (κ1) is 18.9. The van der Waals surface area contributed by atoms with Crippen LogP contribution in [0.2, 0.25) is 0 Å². The Labute approximate surface area is 165 Å². The molecule has 0 aromatic heterocycles. The van der Waals surface area contributed by atoms with Gasteiger partial charge < -0.3 is 19.4 Å². The molecule has 1 aromatic carbocycles. The molecular formula is C21H27N3O4. The van der Waals surface area contributed by atoms with Crippen molar-refractivity contribution in [2.75, 3.05) is 33.4 Å². The zero-order valence-electron chi connectivity index (χ0n) is 16.3. The van der Waals surface area contributed by atoms with Crippen LogP contribution in [0.3, 0.4) is 0 Å². The van der Waals surface area contributed by atoms with Gasteiger partial charge in [-0.3, -0.25) is 14.4 Å². The van der Waals surface area contributed by atoms with Gasteiger partial charge in [0.2, 0.25) is 11.8 Å². The highest BCUT2D eigenvalue weighted by molar-refractivity contribution is 5.98. The minimum absolute atomic E-state index is 0.0173. The summed E-state index contributed by atoms with van der Waals surface area (Å²) >= 11 is 0. The van der Waals surface area contributed by atoms with Gasteiger partial charge in [0.1, 0.15) is 12.6 Å². The fraction of sp³-hybridized carbons (Fsp3) is 0.571. The van der Waals surface area contributed by atoms with Crippen molar-refractivity contribution < 1.29 is 19.1 Å². The van der Waals surface area contributed by atoms with Gasteiger partial charge in [-0.05, 0) is 37.3 Å². The second kappa shape index (κ2) is 7.91. The number of fused-ring (bicyclic) bond motifs is 1. The third kappa shape index (κ3) is 3.39. The van der Waals surface area contributed by atoms with E-state index in [9.17, 15) is 14.4 Å². The molecule has 0 spiro atoms. The number of carbonyl (C=O) groups is 3. The van der Waals surface area contributed by atoms with Gasteiger partial charge in [0.25, 0.3) is 5.91 Å². The molecule has 3 heterocycles. The average molecular weight is 385 g/mol. The number of likely N-dealkylation sites (tertiary alicyclic amines) is 2. The Hall–Kier alpha value is -2.41. The quantitative estimate of drug-likeness (QED) is 0.783. The summed E-state index contributed by atoms with van der Waals surface area (Å²) in [5.41, 5.74) is 1.89. The predicted molar refractivity (Wildman–Crippen MR) is 103 cm³/mol. The normalized spacial score (nSPS) is 22.7. The highest BCUT2D eigenvalue weighted by Crippen LogP contribution is 2.29. The number of benzene rings is 1. The fourth-order valence-electron chi connectivity index (χ4n) is 4.71. The lowest BCUT2D eigenvalue weighted by atomic mass is 10.0. The van der Waals surface area contributed by atoms with Crippen molar-refractivity contribution in [3.8, 4) is 0 Å². The lowest BCUT2D eigenvalue weighted by Gasteiger charge is -2.38. The number of piperidine rings is 1. The first-order valence-electron chi connectivity index (χ1n) is 10.1. The zero-order chi connectivity index (χ0) is 19.7. The van der Waals surface area contributed by atoms with Crippen molar-refractivity contribution in [1.82, 2.24) is 14.7 Å². The summed E-state index contributed by atoms with van der Waals surface area (Å²) in [5, 5.41) is 0. The molecule has 4 rings (SSSR count). The standard InChI is InChI=1S/C21H27N3O4/c1-28-14-19(25)23-10-4-7-18(23)21(27)22-11-8-16(9-12-22)24-13-15-5-2-3-6-17(15)20(24)26/h2-3,5-6,16,18H,4,7-14H2,1H3. The maximum Gasteiger partial charge on any atom is 0.254 e. The lowest BCUT2D eigenvalue weighted by molar-refractivity contribution is -0.146. The van der Waals surface area contributed by atoms with E-state index in [1.807, 2.05) is 34.1 Å².